The lowest BCUT2D eigenvalue weighted by molar-refractivity contribution is 0.188. The summed E-state index contributed by atoms with van der Waals surface area (Å²) in [5.41, 5.74) is 1.71. The second kappa shape index (κ2) is 9.30. The van der Waals surface area contributed by atoms with Crippen LogP contribution < -0.4 is 14.8 Å². The molecule has 1 N–H and O–H groups in total. The zero-order valence-corrected chi connectivity index (χ0v) is 18.9. The van der Waals surface area contributed by atoms with Gasteiger partial charge in [0.25, 0.3) is 0 Å². The number of hydrogen-bond donors (Lipinski definition) is 1. The lowest BCUT2D eigenvalue weighted by Gasteiger charge is -2.19. The van der Waals surface area contributed by atoms with Crippen molar-refractivity contribution in [1.82, 2.24) is 15.0 Å². The van der Waals surface area contributed by atoms with Crippen LogP contribution in [0.2, 0.25) is 10.0 Å². The number of nitrogens with one attached hydrogen (secondary N) is 1. The van der Waals surface area contributed by atoms with Crippen molar-refractivity contribution in [3.63, 3.8) is 0 Å². The van der Waals surface area contributed by atoms with Crippen molar-refractivity contribution in [2.24, 2.45) is 5.92 Å². The van der Waals surface area contributed by atoms with Crippen LogP contribution in [0.1, 0.15) is 6.42 Å². The number of aromatic nitrogens is 3. The average molecular weight is 463 g/mol. The van der Waals surface area contributed by atoms with E-state index < -0.39 is 0 Å². The second-order valence-corrected chi connectivity index (χ2v) is 7.82. The quantitative estimate of drug-likeness (QED) is 0.521. The van der Waals surface area contributed by atoms with Crippen LogP contribution in [0.5, 0.6) is 11.5 Å². The Balaban J connectivity index is 1.76. The molecule has 2 aromatic heterocycles. The van der Waals surface area contributed by atoms with Crippen molar-refractivity contribution < 1.29 is 14.2 Å². The summed E-state index contributed by atoms with van der Waals surface area (Å²) in [5, 5.41) is 9.08. The van der Waals surface area contributed by atoms with Gasteiger partial charge in [-0.2, -0.15) is 0 Å². The number of methoxy groups -OCH3 is 2. The molecule has 31 heavy (non-hydrogen) atoms. The van der Waals surface area contributed by atoms with Gasteiger partial charge in [0.1, 0.15) is 17.3 Å². The molecule has 3 heterocycles. The Morgan fingerprint density at radius 3 is 2.52 bits per heavy atom. The molecule has 0 spiro atoms. The summed E-state index contributed by atoms with van der Waals surface area (Å²) < 4.78 is 16.1. The molecule has 3 aromatic rings. The van der Waals surface area contributed by atoms with Gasteiger partial charge in [-0.15, -0.1) is 0 Å². The van der Waals surface area contributed by atoms with E-state index in [1.165, 1.54) is 14.2 Å². The predicted molar refractivity (Wildman–Crippen MR) is 122 cm³/mol. The Kier molecular flexibility index (Phi) is 6.50. The number of anilines is 1. The fourth-order valence-corrected chi connectivity index (χ4v) is 4.15. The minimum absolute atomic E-state index is 0.341. The van der Waals surface area contributed by atoms with Crippen LogP contribution in [0.3, 0.4) is 0 Å². The van der Waals surface area contributed by atoms with Crippen molar-refractivity contribution in [1.29, 1.82) is 0 Å². The molecular formula is C21H22Cl2N5O3-. The maximum atomic E-state index is 6.57. The van der Waals surface area contributed by atoms with Crippen LogP contribution >= 0.6 is 23.2 Å². The molecule has 0 bridgehead atoms. The number of nitrogens with zero attached hydrogens (tertiary/aromatic N) is 4. The highest BCUT2D eigenvalue weighted by Crippen LogP contribution is 2.46. The summed E-state index contributed by atoms with van der Waals surface area (Å²) >= 11 is 13.1. The Labute approximate surface area is 190 Å². The van der Waals surface area contributed by atoms with E-state index in [1.807, 2.05) is 6.07 Å². The molecular weight excluding hydrogens is 441 g/mol. The van der Waals surface area contributed by atoms with E-state index in [0.717, 1.165) is 25.0 Å². The number of benzene rings is 1. The molecule has 1 aromatic carbocycles. The largest absolute Gasteiger partial charge is 0.495 e. The molecule has 4 rings (SSSR count). The molecule has 0 radical (unpaired) electrons. The number of fused-ring (bicyclic) bond motifs is 1. The summed E-state index contributed by atoms with van der Waals surface area (Å²) in [4.78, 5) is 13.7. The predicted octanol–water partition coefficient (Wildman–Crippen LogP) is 5.10. The topological polar surface area (TPSA) is 92.5 Å². The first-order valence-corrected chi connectivity index (χ1v) is 10.5. The van der Waals surface area contributed by atoms with E-state index in [2.05, 4.69) is 20.6 Å². The molecule has 1 aliphatic heterocycles. The summed E-state index contributed by atoms with van der Waals surface area (Å²) in [5.74, 6) is 2.27. The third-order valence-electron chi connectivity index (χ3n) is 5.13. The van der Waals surface area contributed by atoms with Gasteiger partial charge in [0.2, 0.25) is 0 Å². The molecule has 8 nitrogen and oxygen atoms in total. The highest BCUT2D eigenvalue weighted by Gasteiger charge is 2.21. The molecule has 0 amide bonds. The van der Waals surface area contributed by atoms with Gasteiger partial charge in [-0.05, 0) is 36.5 Å². The summed E-state index contributed by atoms with van der Waals surface area (Å²) in [7, 11) is 4.83. The van der Waals surface area contributed by atoms with Crippen molar-refractivity contribution >= 4 is 45.9 Å². The summed E-state index contributed by atoms with van der Waals surface area (Å²) in [6.07, 6.45) is 2.73. The van der Waals surface area contributed by atoms with Gasteiger partial charge in [0.15, 0.2) is 0 Å². The first-order valence-electron chi connectivity index (χ1n) is 9.76. The Morgan fingerprint density at radius 2 is 1.90 bits per heavy atom. The van der Waals surface area contributed by atoms with Crippen LogP contribution in [0, 0.1) is 5.92 Å². The van der Waals surface area contributed by atoms with E-state index >= 15 is 0 Å². The third-order valence-corrected chi connectivity index (χ3v) is 5.89. The van der Waals surface area contributed by atoms with Gasteiger partial charge in [-0.3, -0.25) is 0 Å². The molecule has 1 fully saturated rings. The fraction of sp³-hybridized carbons (Fsp3) is 0.381. The first-order chi connectivity index (χ1) is 15.0. The van der Waals surface area contributed by atoms with Crippen molar-refractivity contribution in [3.05, 3.63) is 33.7 Å². The maximum Gasteiger partial charge on any atom is 0.141 e. The third kappa shape index (κ3) is 4.28. The molecule has 1 saturated heterocycles. The number of hydrogen-bond acceptors (Lipinski definition) is 7. The lowest BCUT2D eigenvalue weighted by Crippen LogP contribution is -2.05. The highest BCUT2D eigenvalue weighted by atomic mass is 35.5. The first kappa shape index (κ1) is 21.7. The number of rotatable bonds is 7. The van der Waals surface area contributed by atoms with Crippen molar-refractivity contribution in [2.45, 2.75) is 6.42 Å². The number of pyridine rings is 1. The molecule has 0 aliphatic carbocycles. The minimum atomic E-state index is 0.341. The minimum Gasteiger partial charge on any atom is -0.495 e. The van der Waals surface area contributed by atoms with Gasteiger partial charge >= 0.3 is 0 Å². The van der Waals surface area contributed by atoms with Gasteiger partial charge in [0, 0.05) is 43.4 Å². The standard InChI is InChI=1S/C21H22Cl2N5O3/c1-24-20-19-12(9-26-21(28-19)25-8-11-4-5-31-10-11)6-13(27-20)16-17(22)14(29-2)7-15(30-3)18(16)23/h6-7,9,11H,4-5,8,10H2,1-3H3,(H-,24,25,26,27,28)/q-1. The molecule has 10 heteroatoms. The highest BCUT2D eigenvalue weighted by molar-refractivity contribution is 6.41. The number of halogens is 2. The van der Waals surface area contributed by atoms with Gasteiger partial charge < -0.3 is 34.8 Å². The van der Waals surface area contributed by atoms with Crippen LogP contribution in [0.4, 0.5) is 11.8 Å². The van der Waals surface area contributed by atoms with E-state index in [4.69, 9.17) is 42.4 Å². The van der Waals surface area contributed by atoms with Crippen LogP contribution in [-0.4, -0.2) is 56.0 Å². The van der Waals surface area contributed by atoms with E-state index in [1.54, 1.807) is 19.3 Å². The molecule has 0 saturated carbocycles. The zero-order chi connectivity index (χ0) is 22.0. The second-order valence-electron chi connectivity index (χ2n) is 7.07. The Bertz CT molecular complexity index is 1080. The monoisotopic (exact) mass is 462 g/mol. The van der Waals surface area contributed by atoms with Gasteiger partial charge in [-0.25, -0.2) is 4.98 Å². The van der Waals surface area contributed by atoms with Gasteiger partial charge in [0.05, 0.1) is 30.0 Å². The maximum absolute atomic E-state index is 6.57. The zero-order valence-electron chi connectivity index (χ0n) is 17.4. The Morgan fingerprint density at radius 1 is 1.16 bits per heavy atom. The van der Waals surface area contributed by atoms with Gasteiger partial charge in [-0.1, -0.05) is 23.2 Å². The molecule has 1 atom stereocenters. The summed E-state index contributed by atoms with van der Waals surface area (Å²) in [6.45, 7) is 2.16. The summed E-state index contributed by atoms with van der Waals surface area (Å²) in [6, 6.07) is 3.47. The molecule has 1 unspecified atom stereocenters. The van der Waals surface area contributed by atoms with Crippen LogP contribution in [0.25, 0.3) is 27.5 Å². The SMILES string of the molecule is CNc1nc(-c2c(Cl)c(OC)cc(OC)c2Cl)cc2cnc([N-]CC3CCOC3)nc12. The smallest absolute Gasteiger partial charge is 0.141 e. The van der Waals surface area contributed by atoms with E-state index in [0.29, 0.717) is 62.5 Å². The normalized spacial score (nSPS) is 15.8. The van der Waals surface area contributed by atoms with E-state index in [9.17, 15) is 0 Å². The van der Waals surface area contributed by atoms with Crippen LogP contribution in [-0.2, 0) is 4.74 Å². The molecule has 164 valence electrons. The lowest BCUT2D eigenvalue weighted by atomic mass is 10.1. The number of ether oxygens (including phenoxy) is 3. The fourth-order valence-electron chi connectivity index (χ4n) is 3.46. The van der Waals surface area contributed by atoms with Crippen molar-refractivity contribution in [3.8, 4) is 22.8 Å². The average Bonchev–Trinajstić information content (AvgIpc) is 3.31. The Hall–Kier alpha value is -2.55. The van der Waals surface area contributed by atoms with E-state index in [-0.39, 0.29) is 0 Å². The van der Waals surface area contributed by atoms with Crippen molar-refractivity contribution in [2.75, 3.05) is 46.3 Å². The van der Waals surface area contributed by atoms with Crippen LogP contribution in [0.15, 0.2) is 18.3 Å². The molecule has 1 aliphatic rings.